The summed E-state index contributed by atoms with van der Waals surface area (Å²) in [6.45, 7) is 2.50. The summed E-state index contributed by atoms with van der Waals surface area (Å²) in [6, 6.07) is 9.49. The van der Waals surface area contributed by atoms with Gasteiger partial charge in [-0.05, 0) is 30.7 Å². The maximum absolute atomic E-state index is 10.3. The molecular weight excluding hydrogens is 254 g/mol. The van der Waals surface area contributed by atoms with Gasteiger partial charge in [-0.15, -0.1) is 0 Å². The number of aromatic nitrogens is 1. The molecular formula is C16H19NO3. The van der Waals surface area contributed by atoms with E-state index in [1.54, 1.807) is 19.5 Å². The lowest BCUT2D eigenvalue weighted by atomic mass is 10.0. The first-order valence-electron chi connectivity index (χ1n) is 6.61. The number of rotatable bonds is 6. The molecule has 0 aliphatic rings. The van der Waals surface area contributed by atoms with Crippen LogP contribution in [0.1, 0.15) is 24.2 Å². The highest BCUT2D eigenvalue weighted by atomic mass is 16.5. The molecule has 0 bridgehead atoms. The van der Waals surface area contributed by atoms with Gasteiger partial charge in [0, 0.05) is 18.2 Å². The number of aliphatic hydroxyl groups is 1. The highest BCUT2D eigenvalue weighted by Gasteiger charge is 2.10. The summed E-state index contributed by atoms with van der Waals surface area (Å²) >= 11 is 0. The molecule has 106 valence electrons. The molecule has 1 heterocycles. The molecule has 0 saturated heterocycles. The molecule has 20 heavy (non-hydrogen) atoms. The molecule has 1 unspecified atom stereocenters. The summed E-state index contributed by atoms with van der Waals surface area (Å²) in [7, 11) is 1.63. The Morgan fingerprint density at radius 2 is 1.90 bits per heavy atom. The average Bonchev–Trinajstić information content (AvgIpc) is 2.48. The van der Waals surface area contributed by atoms with Crippen LogP contribution in [0.3, 0.4) is 0 Å². The van der Waals surface area contributed by atoms with E-state index in [9.17, 15) is 5.11 Å². The number of nitrogens with zero attached hydrogens (tertiary/aromatic N) is 1. The van der Waals surface area contributed by atoms with Crippen LogP contribution in [-0.2, 0) is 6.42 Å². The first kappa shape index (κ1) is 14.3. The second-order valence-electron chi connectivity index (χ2n) is 4.45. The third kappa shape index (κ3) is 3.71. The van der Waals surface area contributed by atoms with Crippen LogP contribution in [0.2, 0.25) is 0 Å². The number of hydrogen-bond acceptors (Lipinski definition) is 4. The lowest BCUT2D eigenvalue weighted by Gasteiger charge is -2.12. The lowest BCUT2D eigenvalue weighted by Crippen LogP contribution is -2.03. The van der Waals surface area contributed by atoms with Crippen LogP contribution in [0, 0.1) is 0 Å². The van der Waals surface area contributed by atoms with Gasteiger partial charge in [0.2, 0.25) is 0 Å². The van der Waals surface area contributed by atoms with Crippen LogP contribution in [0.25, 0.3) is 0 Å². The second-order valence-corrected chi connectivity index (χ2v) is 4.45. The summed E-state index contributed by atoms with van der Waals surface area (Å²) in [4.78, 5) is 4.09. The topological polar surface area (TPSA) is 51.6 Å². The number of aliphatic hydroxyl groups excluding tert-OH is 1. The van der Waals surface area contributed by atoms with Gasteiger partial charge in [-0.3, -0.25) is 4.98 Å². The van der Waals surface area contributed by atoms with Crippen LogP contribution in [0.5, 0.6) is 11.5 Å². The molecule has 1 aromatic carbocycles. The van der Waals surface area contributed by atoms with Crippen molar-refractivity contribution in [3.8, 4) is 11.5 Å². The van der Waals surface area contributed by atoms with Crippen LogP contribution >= 0.6 is 0 Å². The first-order chi connectivity index (χ1) is 9.72. The average molecular weight is 273 g/mol. The monoisotopic (exact) mass is 273 g/mol. The molecule has 0 saturated carbocycles. The smallest absolute Gasteiger partial charge is 0.137 e. The Morgan fingerprint density at radius 3 is 2.55 bits per heavy atom. The third-order valence-electron chi connectivity index (χ3n) is 3.02. The number of ether oxygens (including phenoxy) is 2. The van der Waals surface area contributed by atoms with E-state index in [-0.39, 0.29) is 0 Å². The normalized spacial score (nSPS) is 11.9. The maximum Gasteiger partial charge on any atom is 0.137 e. The molecule has 0 radical (unpaired) electrons. The minimum atomic E-state index is -0.601. The fourth-order valence-electron chi connectivity index (χ4n) is 1.97. The van der Waals surface area contributed by atoms with Crippen molar-refractivity contribution in [3.05, 3.63) is 53.9 Å². The summed E-state index contributed by atoms with van der Waals surface area (Å²) in [6.07, 6.45) is 3.24. The quantitative estimate of drug-likeness (QED) is 0.879. The fourth-order valence-corrected chi connectivity index (χ4v) is 1.97. The van der Waals surface area contributed by atoms with Crippen molar-refractivity contribution in [2.24, 2.45) is 0 Å². The van der Waals surface area contributed by atoms with Gasteiger partial charge in [0.05, 0.1) is 26.0 Å². The predicted octanol–water partition coefficient (Wildman–Crippen LogP) is 2.77. The SMILES string of the molecule is CCOc1cncc(C(O)Cc2ccc(OC)cc2)c1. The van der Waals surface area contributed by atoms with E-state index >= 15 is 0 Å². The van der Waals surface area contributed by atoms with E-state index in [0.717, 1.165) is 16.9 Å². The van der Waals surface area contributed by atoms with Gasteiger partial charge in [0.15, 0.2) is 0 Å². The van der Waals surface area contributed by atoms with Gasteiger partial charge in [0.1, 0.15) is 11.5 Å². The Bertz CT molecular complexity index is 540. The van der Waals surface area contributed by atoms with Crippen LogP contribution in [0.4, 0.5) is 0 Å². The predicted molar refractivity (Wildman–Crippen MR) is 77.1 cm³/mol. The van der Waals surface area contributed by atoms with Crippen molar-refractivity contribution in [2.75, 3.05) is 13.7 Å². The largest absolute Gasteiger partial charge is 0.497 e. The van der Waals surface area contributed by atoms with Crippen molar-refractivity contribution >= 4 is 0 Å². The van der Waals surface area contributed by atoms with Gasteiger partial charge < -0.3 is 14.6 Å². The first-order valence-corrected chi connectivity index (χ1v) is 6.61. The van der Waals surface area contributed by atoms with Crippen molar-refractivity contribution in [3.63, 3.8) is 0 Å². The summed E-state index contributed by atoms with van der Waals surface area (Å²) < 4.78 is 10.5. The highest BCUT2D eigenvalue weighted by Crippen LogP contribution is 2.22. The molecule has 0 aliphatic carbocycles. The van der Waals surface area contributed by atoms with E-state index in [0.29, 0.717) is 18.8 Å². The summed E-state index contributed by atoms with van der Waals surface area (Å²) in [5.41, 5.74) is 1.80. The third-order valence-corrected chi connectivity index (χ3v) is 3.02. The molecule has 0 spiro atoms. The molecule has 1 atom stereocenters. The minimum Gasteiger partial charge on any atom is -0.497 e. The van der Waals surface area contributed by atoms with Crippen LogP contribution in [0.15, 0.2) is 42.7 Å². The van der Waals surface area contributed by atoms with Gasteiger partial charge >= 0.3 is 0 Å². The van der Waals surface area contributed by atoms with Crippen molar-refractivity contribution in [1.29, 1.82) is 0 Å². The van der Waals surface area contributed by atoms with Crippen molar-refractivity contribution in [1.82, 2.24) is 4.98 Å². The zero-order valence-electron chi connectivity index (χ0n) is 11.7. The van der Waals surface area contributed by atoms with E-state index in [1.165, 1.54) is 0 Å². The van der Waals surface area contributed by atoms with Crippen LogP contribution in [-0.4, -0.2) is 23.8 Å². The second kappa shape index (κ2) is 6.91. The molecule has 1 N–H and O–H groups in total. The Kier molecular flexibility index (Phi) is 4.96. The zero-order valence-corrected chi connectivity index (χ0v) is 11.7. The van der Waals surface area contributed by atoms with Crippen LogP contribution < -0.4 is 9.47 Å². The van der Waals surface area contributed by atoms with E-state index < -0.39 is 6.10 Å². The van der Waals surface area contributed by atoms with Gasteiger partial charge in [-0.25, -0.2) is 0 Å². The number of benzene rings is 1. The molecule has 0 aliphatic heterocycles. The fraction of sp³-hybridized carbons (Fsp3) is 0.312. The van der Waals surface area contributed by atoms with Gasteiger partial charge in [-0.1, -0.05) is 12.1 Å². The standard InChI is InChI=1S/C16H19NO3/c1-3-20-15-9-13(10-17-11-15)16(18)8-12-4-6-14(19-2)7-5-12/h4-7,9-11,16,18H,3,8H2,1-2H3. The van der Waals surface area contributed by atoms with Gasteiger partial charge in [-0.2, -0.15) is 0 Å². The molecule has 4 nitrogen and oxygen atoms in total. The molecule has 2 aromatic rings. The Hall–Kier alpha value is -2.07. The molecule has 1 aromatic heterocycles. The zero-order chi connectivity index (χ0) is 14.4. The lowest BCUT2D eigenvalue weighted by molar-refractivity contribution is 0.177. The Morgan fingerprint density at radius 1 is 1.15 bits per heavy atom. The molecule has 4 heteroatoms. The number of pyridine rings is 1. The number of methoxy groups -OCH3 is 1. The highest BCUT2D eigenvalue weighted by molar-refractivity contribution is 5.30. The Balaban J connectivity index is 2.06. The van der Waals surface area contributed by atoms with E-state index in [1.807, 2.05) is 37.3 Å². The Labute approximate surface area is 119 Å². The van der Waals surface area contributed by atoms with E-state index in [4.69, 9.17) is 9.47 Å². The minimum absolute atomic E-state index is 0.529. The van der Waals surface area contributed by atoms with Crippen molar-refractivity contribution < 1.29 is 14.6 Å². The molecule has 2 rings (SSSR count). The summed E-state index contributed by atoms with van der Waals surface area (Å²) in [5.74, 6) is 1.49. The van der Waals surface area contributed by atoms with Crippen molar-refractivity contribution in [2.45, 2.75) is 19.4 Å². The van der Waals surface area contributed by atoms with E-state index in [2.05, 4.69) is 4.98 Å². The summed E-state index contributed by atoms with van der Waals surface area (Å²) in [5, 5.41) is 10.3. The number of hydrogen-bond donors (Lipinski definition) is 1. The molecule has 0 fully saturated rings. The maximum atomic E-state index is 10.3. The van der Waals surface area contributed by atoms with Gasteiger partial charge in [0.25, 0.3) is 0 Å². The molecule has 0 amide bonds.